The minimum Gasteiger partial charge on any atom is -0.507 e. The number of nitro benzene ring substituents is 1. The minimum absolute atomic E-state index is 0.0502. The van der Waals surface area contributed by atoms with Crippen LogP contribution in [0.5, 0.6) is 11.5 Å². The van der Waals surface area contributed by atoms with Gasteiger partial charge in [-0.2, -0.15) is 5.10 Å². The summed E-state index contributed by atoms with van der Waals surface area (Å²) in [7, 11) is 1.55. The van der Waals surface area contributed by atoms with Gasteiger partial charge in [0.1, 0.15) is 11.5 Å². The van der Waals surface area contributed by atoms with Crippen LogP contribution in [0, 0.1) is 10.1 Å². The van der Waals surface area contributed by atoms with Crippen LogP contribution in [0.2, 0.25) is 0 Å². The number of phenols is 1. The van der Waals surface area contributed by atoms with Gasteiger partial charge in [0.25, 0.3) is 5.69 Å². The smallest absolute Gasteiger partial charge is 0.269 e. The van der Waals surface area contributed by atoms with E-state index in [1.807, 2.05) is 27.9 Å². The van der Waals surface area contributed by atoms with Crippen LogP contribution in [0.1, 0.15) is 22.9 Å². The molecule has 0 aliphatic carbocycles. The average molecular weight is 479 g/mol. The first-order valence-electron chi connectivity index (χ1n) is 10.0. The number of thiazole rings is 1. The van der Waals surface area contributed by atoms with Gasteiger partial charge < -0.3 is 9.84 Å². The molecule has 0 fully saturated rings. The lowest BCUT2D eigenvalue weighted by atomic mass is 10.0. The number of aromatic hydroxyl groups is 1. The van der Waals surface area contributed by atoms with Gasteiger partial charge in [-0.3, -0.25) is 10.1 Å². The van der Waals surface area contributed by atoms with E-state index in [-0.39, 0.29) is 17.5 Å². The van der Waals surface area contributed by atoms with Gasteiger partial charge in [0.05, 0.1) is 34.4 Å². The van der Waals surface area contributed by atoms with Crippen molar-refractivity contribution in [1.82, 2.24) is 4.98 Å². The number of hydrogen-bond donors (Lipinski definition) is 1. The summed E-state index contributed by atoms with van der Waals surface area (Å²) in [4.78, 5) is 16.5. The standard InChI is InChI=1S/C23H18N4O4S2/c1-31-16-8-9-17(21(28)11-16)19-13-33-23(24-19)26-20(12-18(25-26)22-3-2-10-32-22)14-4-6-15(7-5-14)27(29)30/h2-11,13,20,28H,12H2,1H3. The Hall–Kier alpha value is -3.76. The normalized spacial score (nSPS) is 15.5. The molecule has 0 saturated heterocycles. The third-order valence-electron chi connectivity index (χ3n) is 5.37. The van der Waals surface area contributed by atoms with Crippen LogP contribution in [-0.4, -0.2) is 27.8 Å². The molecule has 2 aromatic carbocycles. The van der Waals surface area contributed by atoms with E-state index in [0.29, 0.717) is 28.6 Å². The number of aromatic nitrogens is 1. The molecule has 0 amide bonds. The van der Waals surface area contributed by atoms with Crippen LogP contribution in [-0.2, 0) is 0 Å². The van der Waals surface area contributed by atoms with E-state index < -0.39 is 4.92 Å². The Morgan fingerprint density at radius 3 is 2.67 bits per heavy atom. The molecule has 1 aliphatic rings. The van der Waals surface area contributed by atoms with Crippen LogP contribution >= 0.6 is 22.7 Å². The number of hydrogen-bond acceptors (Lipinski definition) is 9. The topological polar surface area (TPSA) is 101 Å². The van der Waals surface area contributed by atoms with Crippen molar-refractivity contribution in [3.63, 3.8) is 0 Å². The zero-order valence-corrected chi connectivity index (χ0v) is 19.0. The fourth-order valence-electron chi connectivity index (χ4n) is 3.70. The molecule has 0 spiro atoms. The highest BCUT2D eigenvalue weighted by Crippen LogP contribution is 2.41. The number of ether oxygens (including phenoxy) is 1. The van der Waals surface area contributed by atoms with Crippen LogP contribution in [0.4, 0.5) is 10.8 Å². The first-order chi connectivity index (χ1) is 16.0. The van der Waals surface area contributed by atoms with E-state index in [1.165, 1.54) is 23.5 Å². The summed E-state index contributed by atoms with van der Waals surface area (Å²) >= 11 is 3.05. The number of nitrogens with zero attached hydrogens (tertiary/aromatic N) is 4. The van der Waals surface area contributed by atoms with Crippen molar-refractivity contribution in [2.75, 3.05) is 12.1 Å². The van der Waals surface area contributed by atoms with Crippen molar-refractivity contribution < 1.29 is 14.8 Å². The van der Waals surface area contributed by atoms with Crippen molar-refractivity contribution in [2.45, 2.75) is 12.5 Å². The Morgan fingerprint density at radius 2 is 2.00 bits per heavy atom. The highest BCUT2D eigenvalue weighted by Gasteiger charge is 2.32. The molecular weight excluding hydrogens is 460 g/mol. The zero-order chi connectivity index (χ0) is 22.9. The third kappa shape index (κ3) is 4.06. The number of phenolic OH excluding ortho intramolecular Hbond substituents is 1. The number of nitro groups is 1. The van der Waals surface area contributed by atoms with Crippen LogP contribution in [0.3, 0.4) is 0 Å². The Kier molecular flexibility index (Phi) is 5.53. The van der Waals surface area contributed by atoms with Crippen molar-refractivity contribution in [2.24, 2.45) is 5.10 Å². The van der Waals surface area contributed by atoms with E-state index >= 15 is 0 Å². The lowest BCUT2D eigenvalue weighted by molar-refractivity contribution is -0.384. The van der Waals surface area contributed by atoms with Crippen molar-refractivity contribution in [3.05, 3.63) is 85.9 Å². The maximum absolute atomic E-state index is 11.1. The Balaban J connectivity index is 1.51. The summed E-state index contributed by atoms with van der Waals surface area (Å²) in [5.74, 6) is 0.650. The fraction of sp³-hybridized carbons (Fsp3) is 0.130. The first-order valence-corrected chi connectivity index (χ1v) is 11.8. The van der Waals surface area contributed by atoms with Crippen LogP contribution in [0.25, 0.3) is 11.3 Å². The number of thiophene rings is 1. The molecule has 33 heavy (non-hydrogen) atoms. The van der Waals surface area contributed by atoms with E-state index in [0.717, 1.165) is 16.2 Å². The molecule has 0 saturated carbocycles. The summed E-state index contributed by atoms with van der Waals surface area (Å²) in [6.07, 6.45) is 0.654. The lowest BCUT2D eigenvalue weighted by Crippen LogP contribution is -2.18. The van der Waals surface area contributed by atoms with Gasteiger partial charge >= 0.3 is 0 Å². The van der Waals surface area contributed by atoms with Gasteiger partial charge in [-0.1, -0.05) is 18.2 Å². The van der Waals surface area contributed by atoms with Crippen molar-refractivity contribution in [1.29, 1.82) is 0 Å². The Labute approximate surface area is 197 Å². The Morgan fingerprint density at radius 1 is 1.18 bits per heavy atom. The van der Waals surface area contributed by atoms with Gasteiger partial charge in [0.2, 0.25) is 5.13 Å². The maximum atomic E-state index is 11.1. The van der Waals surface area contributed by atoms with Gasteiger partial charge in [-0.05, 0) is 29.1 Å². The lowest BCUT2D eigenvalue weighted by Gasteiger charge is -2.21. The van der Waals surface area contributed by atoms with E-state index in [1.54, 1.807) is 48.8 Å². The Bertz CT molecular complexity index is 1330. The maximum Gasteiger partial charge on any atom is 0.269 e. The quantitative estimate of drug-likeness (QED) is 0.276. The monoisotopic (exact) mass is 478 g/mol. The summed E-state index contributed by atoms with van der Waals surface area (Å²) in [5.41, 5.74) is 3.15. The van der Waals surface area contributed by atoms with E-state index in [2.05, 4.69) is 0 Å². The number of benzene rings is 2. The molecular formula is C23H18N4O4S2. The highest BCUT2D eigenvalue weighted by atomic mass is 32.1. The molecule has 10 heteroatoms. The summed E-state index contributed by atoms with van der Waals surface area (Å²) in [6, 6.07) is 15.5. The van der Waals surface area contributed by atoms with E-state index in [9.17, 15) is 15.2 Å². The molecule has 166 valence electrons. The fourth-order valence-corrected chi connectivity index (χ4v) is 5.25. The molecule has 0 bridgehead atoms. The molecule has 0 radical (unpaired) electrons. The zero-order valence-electron chi connectivity index (χ0n) is 17.4. The number of anilines is 1. The van der Waals surface area contributed by atoms with Crippen molar-refractivity contribution in [3.8, 4) is 22.8 Å². The van der Waals surface area contributed by atoms with Gasteiger partial charge in [0.15, 0.2) is 0 Å². The second kappa shape index (κ2) is 8.64. The summed E-state index contributed by atoms with van der Waals surface area (Å²) < 4.78 is 5.16. The predicted molar refractivity (Wildman–Crippen MR) is 130 cm³/mol. The van der Waals surface area contributed by atoms with Crippen molar-refractivity contribution >= 4 is 39.2 Å². The molecule has 2 aromatic heterocycles. The first kappa shape index (κ1) is 21.1. The third-order valence-corrected chi connectivity index (χ3v) is 7.12. The highest BCUT2D eigenvalue weighted by molar-refractivity contribution is 7.14. The molecule has 4 aromatic rings. The summed E-state index contributed by atoms with van der Waals surface area (Å²) in [5, 5.41) is 32.8. The number of hydrazone groups is 1. The van der Waals surface area contributed by atoms with Gasteiger partial charge in [-0.25, -0.2) is 9.99 Å². The number of non-ortho nitro benzene ring substituents is 1. The molecule has 3 heterocycles. The van der Waals surface area contributed by atoms with Crippen LogP contribution in [0.15, 0.2) is 70.5 Å². The SMILES string of the molecule is COc1ccc(-c2csc(N3N=C(c4cccs4)CC3c3ccc([N+](=O)[O-])cc3)n2)c(O)c1. The number of methoxy groups -OCH3 is 1. The molecule has 8 nitrogen and oxygen atoms in total. The minimum atomic E-state index is -0.405. The molecule has 1 unspecified atom stereocenters. The van der Waals surface area contributed by atoms with E-state index in [4.69, 9.17) is 14.8 Å². The predicted octanol–water partition coefficient (Wildman–Crippen LogP) is 5.85. The molecule has 1 N–H and O–H groups in total. The second-order valence-electron chi connectivity index (χ2n) is 7.34. The largest absolute Gasteiger partial charge is 0.507 e. The van der Waals surface area contributed by atoms with Gasteiger partial charge in [0, 0.05) is 35.6 Å². The second-order valence-corrected chi connectivity index (χ2v) is 9.12. The number of rotatable bonds is 6. The molecule has 1 aliphatic heterocycles. The van der Waals surface area contributed by atoms with Crippen LogP contribution < -0.4 is 9.75 Å². The molecule has 1 atom stereocenters. The average Bonchev–Trinajstić information content (AvgIpc) is 3.59. The van der Waals surface area contributed by atoms with Gasteiger partial charge in [-0.15, -0.1) is 22.7 Å². The summed E-state index contributed by atoms with van der Waals surface area (Å²) in [6.45, 7) is 0. The molecule has 5 rings (SSSR count).